The van der Waals surface area contributed by atoms with E-state index in [1.807, 2.05) is 13.8 Å². The number of fused-ring (bicyclic) bond motifs is 1. The number of nitrogens with one attached hydrogen (secondary N) is 1. The van der Waals surface area contributed by atoms with Gasteiger partial charge < -0.3 is 15.3 Å². The lowest BCUT2D eigenvalue weighted by Crippen LogP contribution is -2.41. The molecule has 3 aromatic rings. The number of aromatic nitrogens is 2. The van der Waals surface area contributed by atoms with E-state index in [1.54, 1.807) is 43.4 Å². The minimum Gasteiger partial charge on any atom is -0.396 e. The second kappa shape index (κ2) is 10.1. The second-order valence-electron chi connectivity index (χ2n) is 8.75. The molecule has 174 valence electrons. The fourth-order valence-electron chi connectivity index (χ4n) is 3.43. The lowest BCUT2D eigenvalue weighted by atomic mass is 9.94. The summed E-state index contributed by atoms with van der Waals surface area (Å²) < 4.78 is 1.22. The van der Waals surface area contributed by atoms with Crippen molar-refractivity contribution < 1.29 is 14.7 Å². The van der Waals surface area contributed by atoms with E-state index in [0.29, 0.717) is 22.6 Å². The van der Waals surface area contributed by atoms with Crippen molar-refractivity contribution in [2.45, 2.75) is 26.9 Å². The number of amides is 2. The summed E-state index contributed by atoms with van der Waals surface area (Å²) in [7, 11) is 1.61. The predicted molar refractivity (Wildman–Crippen MR) is 127 cm³/mol. The first kappa shape index (κ1) is 24.4. The van der Waals surface area contributed by atoms with Gasteiger partial charge in [0.1, 0.15) is 17.8 Å². The maximum absolute atomic E-state index is 13.2. The number of hydrogen-bond donors (Lipinski definition) is 2. The molecule has 0 radical (unpaired) electrons. The van der Waals surface area contributed by atoms with Crippen molar-refractivity contribution in [1.29, 1.82) is 0 Å². The molecule has 2 heterocycles. The van der Waals surface area contributed by atoms with Gasteiger partial charge in [0.15, 0.2) is 0 Å². The van der Waals surface area contributed by atoms with E-state index in [4.69, 9.17) is 11.6 Å². The van der Waals surface area contributed by atoms with Crippen LogP contribution in [0.1, 0.15) is 29.8 Å². The molecule has 0 saturated carbocycles. The van der Waals surface area contributed by atoms with Gasteiger partial charge in [0, 0.05) is 48.8 Å². The lowest BCUT2D eigenvalue weighted by Gasteiger charge is -2.28. The van der Waals surface area contributed by atoms with Crippen molar-refractivity contribution in [3.63, 3.8) is 0 Å². The molecule has 0 bridgehead atoms. The second-order valence-corrected chi connectivity index (χ2v) is 9.18. The van der Waals surface area contributed by atoms with Crippen LogP contribution in [0.25, 0.3) is 11.0 Å². The number of benzene rings is 1. The van der Waals surface area contributed by atoms with E-state index in [9.17, 15) is 19.5 Å². The van der Waals surface area contributed by atoms with Crippen LogP contribution in [0.3, 0.4) is 0 Å². The van der Waals surface area contributed by atoms with E-state index in [0.717, 1.165) is 5.56 Å². The van der Waals surface area contributed by atoms with Gasteiger partial charge in [-0.25, -0.2) is 4.98 Å². The van der Waals surface area contributed by atoms with E-state index >= 15 is 0 Å². The van der Waals surface area contributed by atoms with Crippen molar-refractivity contribution in [1.82, 2.24) is 19.8 Å². The van der Waals surface area contributed by atoms with Crippen LogP contribution in [-0.2, 0) is 17.9 Å². The SMILES string of the molecule is CN(CC(C)(C)CO)C(=O)Cn1c(=O)c(C(=O)NCc2ccc(Cl)cc2)cc2cccnc21. The number of aliphatic hydroxyl groups is 1. The molecular formula is C24H27ClN4O4. The fourth-order valence-corrected chi connectivity index (χ4v) is 3.56. The molecule has 1 aromatic carbocycles. The minimum absolute atomic E-state index is 0.0735. The van der Waals surface area contributed by atoms with Gasteiger partial charge in [-0.3, -0.25) is 19.0 Å². The predicted octanol–water partition coefficient (Wildman–Crippen LogP) is 2.46. The Morgan fingerprint density at radius 2 is 1.91 bits per heavy atom. The highest BCUT2D eigenvalue weighted by molar-refractivity contribution is 6.30. The van der Waals surface area contributed by atoms with E-state index in [1.165, 1.54) is 21.7 Å². The Morgan fingerprint density at radius 1 is 1.21 bits per heavy atom. The highest BCUT2D eigenvalue weighted by Gasteiger charge is 2.24. The molecule has 8 nitrogen and oxygen atoms in total. The van der Waals surface area contributed by atoms with Crippen LogP contribution in [0.2, 0.25) is 5.02 Å². The third-order valence-electron chi connectivity index (χ3n) is 5.27. The van der Waals surface area contributed by atoms with E-state index in [-0.39, 0.29) is 31.2 Å². The van der Waals surface area contributed by atoms with Crippen LogP contribution in [-0.4, -0.2) is 51.6 Å². The summed E-state index contributed by atoms with van der Waals surface area (Å²) in [4.78, 5) is 44.7. The highest BCUT2D eigenvalue weighted by Crippen LogP contribution is 2.16. The number of hydrogen-bond acceptors (Lipinski definition) is 5. The molecule has 0 aliphatic rings. The molecule has 0 unspecified atom stereocenters. The number of likely N-dealkylation sites (N-methyl/N-ethyl adjacent to an activating group) is 1. The number of rotatable bonds is 8. The van der Waals surface area contributed by atoms with Gasteiger partial charge in [-0.05, 0) is 35.9 Å². The zero-order valence-electron chi connectivity index (χ0n) is 18.8. The van der Waals surface area contributed by atoms with Crippen molar-refractivity contribution in [3.8, 4) is 0 Å². The van der Waals surface area contributed by atoms with Crippen LogP contribution in [0, 0.1) is 5.41 Å². The van der Waals surface area contributed by atoms with Gasteiger partial charge in [0.25, 0.3) is 11.5 Å². The molecule has 0 saturated heterocycles. The maximum Gasteiger partial charge on any atom is 0.265 e. The fraction of sp³-hybridized carbons (Fsp3) is 0.333. The van der Waals surface area contributed by atoms with E-state index in [2.05, 4.69) is 10.3 Å². The summed E-state index contributed by atoms with van der Waals surface area (Å²) in [5.74, 6) is -0.874. The number of carbonyl (C=O) groups is 2. The number of halogens is 1. The van der Waals surface area contributed by atoms with Gasteiger partial charge in [-0.15, -0.1) is 0 Å². The average molecular weight is 471 g/mol. The van der Waals surface area contributed by atoms with Gasteiger partial charge in [-0.1, -0.05) is 37.6 Å². The standard InChI is InChI=1S/C24H27ClN4O4/c1-24(2,15-30)14-28(3)20(31)13-29-21-17(5-4-10-26-21)11-19(23(29)33)22(32)27-12-16-6-8-18(25)9-7-16/h4-11,30H,12-15H2,1-3H3,(H,27,32). The Kier molecular flexibility index (Phi) is 7.50. The highest BCUT2D eigenvalue weighted by atomic mass is 35.5. The molecule has 33 heavy (non-hydrogen) atoms. The Hall–Kier alpha value is -3.23. The van der Waals surface area contributed by atoms with Gasteiger partial charge in [0.05, 0.1) is 0 Å². The third kappa shape index (κ3) is 5.97. The molecule has 2 amide bonds. The van der Waals surface area contributed by atoms with Crippen LogP contribution in [0.5, 0.6) is 0 Å². The third-order valence-corrected chi connectivity index (χ3v) is 5.52. The molecule has 9 heteroatoms. The summed E-state index contributed by atoms with van der Waals surface area (Å²) in [5, 5.41) is 13.4. The Morgan fingerprint density at radius 3 is 2.58 bits per heavy atom. The zero-order valence-corrected chi connectivity index (χ0v) is 19.6. The largest absolute Gasteiger partial charge is 0.396 e. The maximum atomic E-state index is 13.2. The normalized spacial score (nSPS) is 11.4. The zero-order chi connectivity index (χ0) is 24.2. The van der Waals surface area contributed by atoms with Crippen LogP contribution < -0.4 is 10.9 Å². The lowest BCUT2D eigenvalue weighted by molar-refractivity contribution is -0.132. The molecule has 0 atom stereocenters. The molecule has 2 N–H and O–H groups in total. The average Bonchev–Trinajstić information content (AvgIpc) is 2.79. The Bertz CT molecular complexity index is 1220. The molecule has 0 fully saturated rings. The first-order valence-electron chi connectivity index (χ1n) is 10.5. The summed E-state index contributed by atoms with van der Waals surface area (Å²) in [6.07, 6.45) is 1.53. The van der Waals surface area contributed by atoms with Crippen LogP contribution >= 0.6 is 11.6 Å². The molecule has 2 aromatic heterocycles. The summed E-state index contributed by atoms with van der Waals surface area (Å²) in [6, 6.07) is 11.9. The minimum atomic E-state index is -0.599. The summed E-state index contributed by atoms with van der Waals surface area (Å²) >= 11 is 5.89. The number of carbonyl (C=O) groups excluding carboxylic acids is 2. The quantitative estimate of drug-likeness (QED) is 0.526. The van der Waals surface area contributed by atoms with Crippen molar-refractivity contribution >= 4 is 34.4 Å². The van der Waals surface area contributed by atoms with Gasteiger partial charge in [-0.2, -0.15) is 0 Å². The molecule has 0 aliphatic carbocycles. The first-order valence-corrected chi connectivity index (χ1v) is 10.8. The number of nitrogens with zero attached hydrogens (tertiary/aromatic N) is 3. The van der Waals surface area contributed by atoms with Crippen molar-refractivity contribution in [2.24, 2.45) is 5.41 Å². The topological polar surface area (TPSA) is 105 Å². The molecular weight excluding hydrogens is 444 g/mol. The number of aliphatic hydroxyl groups excluding tert-OH is 1. The van der Waals surface area contributed by atoms with Crippen molar-refractivity contribution in [3.05, 3.63) is 75.2 Å². The monoisotopic (exact) mass is 470 g/mol. The Labute approximate surface area is 196 Å². The number of pyridine rings is 2. The first-order chi connectivity index (χ1) is 15.6. The van der Waals surface area contributed by atoms with Crippen LogP contribution in [0.15, 0.2) is 53.5 Å². The summed E-state index contributed by atoms with van der Waals surface area (Å²) in [6.45, 7) is 3.85. The van der Waals surface area contributed by atoms with Gasteiger partial charge in [0.2, 0.25) is 5.91 Å². The Balaban J connectivity index is 1.89. The molecule has 3 rings (SSSR count). The molecule has 0 aliphatic heterocycles. The van der Waals surface area contributed by atoms with E-state index < -0.39 is 16.9 Å². The molecule has 0 spiro atoms. The van der Waals surface area contributed by atoms with Crippen molar-refractivity contribution in [2.75, 3.05) is 20.2 Å². The van der Waals surface area contributed by atoms with Gasteiger partial charge >= 0.3 is 0 Å². The van der Waals surface area contributed by atoms with Crippen LogP contribution in [0.4, 0.5) is 0 Å². The smallest absolute Gasteiger partial charge is 0.265 e. The summed E-state index contributed by atoms with van der Waals surface area (Å²) in [5.41, 5.74) is -0.00800.